The number of H-pyrrole nitrogens is 1. The smallest absolute Gasteiger partial charge is 0.244 e. The highest BCUT2D eigenvalue weighted by Gasteiger charge is 2.22. The third-order valence-electron chi connectivity index (χ3n) is 4.82. The number of rotatable bonds is 4. The molecule has 3 nitrogen and oxygen atoms in total. The summed E-state index contributed by atoms with van der Waals surface area (Å²) in [6.07, 6.45) is 7.74. The van der Waals surface area contributed by atoms with Crippen molar-refractivity contribution < 1.29 is 4.79 Å². The van der Waals surface area contributed by atoms with Gasteiger partial charge in [-0.05, 0) is 84.2 Å². The fourth-order valence-electron chi connectivity index (χ4n) is 3.19. The molecule has 1 aliphatic carbocycles. The summed E-state index contributed by atoms with van der Waals surface area (Å²) in [6.45, 7) is 4.22. The molecule has 0 saturated heterocycles. The Morgan fingerprint density at radius 2 is 1.96 bits per heavy atom. The van der Waals surface area contributed by atoms with E-state index in [0.29, 0.717) is 6.04 Å². The van der Waals surface area contributed by atoms with Gasteiger partial charge in [0, 0.05) is 23.8 Å². The van der Waals surface area contributed by atoms with Crippen molar-refractivity contribution in [3.05, 3.63) is 65.4 Å². The van der Waals surface area contributed by atoms with Crippen molar-refractivity contribution >= 4 is 22.9 Å². The van der Waals surface area contributed by atoms with Gasteiger partial charge in [0.2, 0.25) is 5.91 Å². The Morgan fingerprint density at radius 1 is 1.12 bits per heavy atom. The van der Waals surface area contributed by atoms with E-state index in [1.54, 1.807) is 6.08 Å². The van der Waals surface area contributed by atoms with Crippen molar-refractivity contribution in [1.82, 2.24) is 10.3 Å². The van der Waals surface area contributed by atoms with Crippen LogP contribution in [0.3, 0.4) is 0 Å². The number of amides is 1. The second-order valence-corrected chi connectivity index (χ2v) is 6.92. The second-order valence-electron chi connectivity index (χ2n) is 6.92. The second kappa shape index (κ2) is 6.25. The zero-order valence-electron chi connectivity index (χ0n) is 14.6. The van der Waals surface area contributed by atoms with Crippen molar-refractivity contribution in [2.75, 3.05) is 0 Å². The van der Waals surface area contributed by atoms with Crippen LogP contribution in [0.5, 0.6) is 0 Å². The molecular weight excluding hydrogens is 308 g/mol. The fourth-order valence-corrected chi connectivity index (χ4v) is 3.19. The largest absolute Gasteiger partial charge is 0.361 e. The first kappa shape index (κ1) is 15.7. The number of nitrogens with one attached hydrogen (secondary N) is 2. The molecule has 25 heavy (non-hydrogen) atoms. The number of aromatic amines is 1. The normalized spacial score (nSPS) is 14.3. The number of carbonyl (C=O) groups is 1. The van der Waals surface area contributed by atoms with Gasteiger partial charge >= 0.3 is 0 Å². The molecule has 0 aliphatic heterocycles. The highest BCUT2D eigenvalue weighted by Crippen LogP contribution is 2.29. The van der Waals surface area contributed by atoms with Crippen LogP contribution in [0.1, 0.15) is 29.5 Å². The van der Waals surface area contributed by atoms with Crippen LogP contribution in [0.4, 0.5) is 0 Å². The molecule has 0 spiro atoms. The molecule has 4 rings (SSSR count). The van der Waals surface area contributed by atoms with Crippen molar-refractivity contribution in [2.24, 2.45) is 0 Å². The minimum atomic E-state index is 0.00142. The first-order valence-corrected chi connectivity index (χ1v) is 8.77. The fraction of sp³-hybridized carbons (Fsp3) is 0.227. The van der Waals surface area contributed by atoms with Gasteiger partial charge in [0.05, 0.1) is 0 Å². The summed E-state index contributed by atoms with van der Waals surface area (Å²) in [4.78, 5) is 15.1. The molecule has 2 N–H and O–H groups in total. The topological polar surface area (TPSA) is 44.9 Å². The van der Waals surface area contributed by atoms with Gasteiger partial charge in [-0.1, -0.05) is 18.2 Å². The van der Waals surface area contributed by atoms with Crippen LogP contribution < -0.4 is 5.32 Å². The summed E-state index contributed by atoms with van der Waals surface area (Å²) >= 11 is 0. The molecule has 1 fully saturated rings. The maximum absolute atomic E-state index is 11.8. The molecule has 0 unspecified atom stereocenters. The lowest BCUT2D eigenvalue weighted by Gasteiger charge is -2.11. The number of hydrogen-bond acceptors (Lipinski definition) is 1. The molecule has 3 heteroatoms. The summed E-state index contributed by atoms with van der Waals surface area (Å²) in [6, 6.07) is 13.3. The number of fused-ring (bicyclic) bond motifs is 1. The van der Waals surface area contributed by atoms with Crippen LogP contribution in [-0.2, 0) is 4.79 Å². The van der Waals surface area contributed by atoms with E-state index in [9.17, 15) is 4.79 Å². The van der Waals surface area contributed by atoms with E-state index in [0.717, 1.165) is 23.9 Å². The quantitative estimate of drug-likeness (QED) is 0.667. The van der Waals surface area contributed by atoms with Crippen LogP contribution in [0.25, 0.3) is 28.1 Å². The Bertz CT molecular complexity index is 977. The molecule has 1 amide bonds. The number of carbonyl (C=O) groups excluding carboxylic acids is 1. The molecule has 0 radical (unpaired) electrons. The molecule has 3 aromatic rings. The van der Waals surface area contributed by atoms with Crippen LogP contribution >= 0.6 is 0 Å². The van der Waals surface area contributed by atoms with E-state index < -0.39 is 0 Å². The molecule has 2 aromatic carbocycles. The number of aryl methyl sites for hydroxylation is 2. The molecule has 1 aromatic heterocycles. The van der Waals surface area contributed by atoms with Crippen molar-refractivity contribution in [2.45, 2.75) is 32.7 Å². The molecule has 126 valence electrons. The Morgan fingerprint density at radius 3 is 2.76 bits per heavy atom. The van der Waals surface area contributed by atoms with Gasteiger partial charge in [0.15, 0.2) is 0 Å². The Labute approximate surface area is 147 Å². The van der Waals surface area contributed by atoms with Crippen LogP contribution in [0.15, 0.2) is 48.7 Å². The van der Waals surface area contributed by atoms with Gasteiger partial charge in [0.25, 0.3) is 0 Å². The van der Waals surface area contributed by atoms with Gasteiger partial charge in [-0.25, -0.2) is 0 Å². The van der Waals surface area contributed by atoms with Crippen molar-refractivity contribution in [3.8, 4) is 11.1 Å². The van der Waals surface area contributed by atoms with E-state index in [1.807, 2.05) is 12.3 Å². The molecule has 0 atom stereocenters. The van der Waals surface area contributed by atoms with Gasteiger partial charge in [0.1, 0.15) is 0 Å². The van der Waals surface area contributed by atoms with Crippen LogP contribution in [0.2, 0.25) is 0 Å². The third kappa shape index (κ3) is 3.36. The van der Waals surface area contributed by atoms with E-state index >= 15 is 0 Å². The van der Waals surface area contributed by atoms with Gasteiger partial charge in [-0.15, -0.1) is 0 Å². The lowest BCUT2D eigenvalue weighted by atomic mass is 9.94. The van der Waals surface area contributed by atoms with Crippen LogP contribution in [0, 0.1) is 13.8 Å². The maximum Gasteiger partial charge on any atom is 0.244 e. The maximum atomic E-state index is 11.8. The molecular formula is C22H22N2O. The molecule has 0 bridgehead atoms. The van der Waals surface area contributed by atoms with Crippen molar-refractivity contribution in [3.63, 3.8) is 0 Å². The number of aromatic nitrogens is 1. The van der Waals surface area contributed by atoms with Crippen molar-refractivity contribution in [1.29, 1.82) is 0 Å². The van der Waals surface area contributed by atoms with E-state index in [4.69, 9.17) is 0 Å². The highest BCUT2D eigenvalue weighted by molar-refractivity contribution is 5.92. The predicted octanol–water partition coefficient (Wildman–Crippen LogP) is 4.74. The van der Waals surface area contributed by atoms with Gasteiger partial charge < -0.3 is 10.3 Å². The zero-order chi connectivity index (χ0) is 17.4. The lowest BCUT2D eigenvalue weighted by Crippen LogP contribution is -2.22. The average Bonchev–Trinajstić information content (AvgIpc) is 3.28. The lowest BCUT2D eigenvalue weighted by molar-refractivity contribution is -0.116. The minimum absolute atomic E-state index is 0.00142. The first-order chi connectivity index (χ1) is 12.1. The van der Waals surface area contributed by atoms with E-state index in [-0.39, 0.29) is 5.91 Å². The Balaban J connectivity index is 1.62. The summed E-state index contributed by atoms with van der Waals surface area (Å²) in [5.41, 5.74) is 7.08. The van der Waals surface area contributed by atoms with E-state index in [2.05, 4.69) is 60.5 Å². The summed E-state index contributed by atoms with van der Waals surface area (Å²) < 4.78 is 0. The predicted molar refractivity (Wildman–Crippen MR) is 103 cm³/mol. The Kier molecular flexibility index (Phi) is 3.92. The zero-order valence-corrected chi connectivity index (χ0v) is 14.6. The SMILES string of the molecule is Cc1cc(-c2ccc3[nH]ccc3c2)c(C)cc1/C=C/C(=O)NC1CC1. The number of hydrogen-bond donors (Lipinski definition) is 2. The minimum Gasteiger partial charge on any atom is -0.361 e. The molecule has 1 aliphatic rings. The average molecular weight is 330 g/mol. The summed E-state index contributed by atoms with van der Waals surface area (Å²) in [5, 5.41) is 4.20. The first-order valence-electron chi connectivity index (χ1n) is 8.77. The molecule has 1 saturated carbocycles. The van der Waals surface area contributed by atoms with Gasteiger partial charge in [-0.2, -0.15) is 0 Å². The molecule has 1 heterocycles. The third-order valence-corrected chi connectivity index (χ3v) is 4.82. The number of benzene rings is 2. The highest BCUT2D eigenvalue weighted by atomic mass is 16.1. The summed E-state index contributed by atoms with van der Waals surface area (Å²) in [5.74, 6) is 0.00142. The monoisotopic (exact) mass is 330 g/mol. The van der Waals surface area contributed by atoms with Gasteiger partial charge in [-0.3, -0.25) is 4.79 Å². The van der Waals surface area contributed by atoms with Crippen LogP contribution in [-0.4, -0.2) is 16.9 Å². The summed E-state index contributed by atoms with van der Waals surface area (Å²) in [7, 11) is 0. The van der Waals surface area contributed by atoms with E-state index in [1.165, 1.54) is 27.6 Å². The standard InChI is InChI=1S/C22H22N2O/c1-14-12-20(17-3-7-21-18(13-17)9-10-23-21)15(2)11-16(14)4-8-22(25)24-19-5-6-19/h3-4,7-13,19,23H,5-6H2,1-2H3,(H,24,25)/b8-4+. The Hall–Kier alpha value is -2.81.